The molecule has 72 valence electrons. The molecule has 1 fully saturated rings. The standard InChI is InChI=1S/C11H10ClNO/c12-6-7-5-11(7)8-3-1-2-4-9(8)13-10(11)14/h1-4,7H,5-6H2,(H,13,14)/t7-,11-/m1/s1. The first-order valence-corrected chi connectivity index (χ1v) is 5.29. The number of hydrogen-bond donors (Lipinski definition) is 1. The molecule has 14 heavy (non-hydrogen) atoms. The number of anilines is 1. The summed E-state index contributed by atoms with van der Waals surface area (Å²) < 4.78 is 0. The van der Waals surface area contributed by atoms with Crippen molar-refractivity contribution in [2.75, 3.05) is 11.2 Å². The molecule has 1 aliphatic heterocycles. The van der Waals surface area contributed by atoms with Crippen LogP contribution in [-0.4, -0.2) is 11.8 Å². The average Bonchev–Trinajstić information content (AvgIpc) is 2.87. The maximum atomic E-state index is 11.8. The van der Waals surface area contributed by atoms with Gasteiger partial charge in [0.2, 0.25) is 5.91 Å². The van der Waals surface area contributed by atoms with Gasteiger partial charge in [0, 0.05) is 11.6 Å². The predicted molar refractivity (Wildman–Crippen MR) is 55.6 cm³/mol. The highest BCUT2D eigenvalue weighted by molar-refractivity contribution is 6.19. The second-order valence-corrected chi connectivity index (χ2v) is 4.34. The molecule has 0 saturated heterocycles. The number of para-hydroxylation sites is 1. The molecule has 0 radical (unpaired) electrons. The van der Waals surface area contributed by atoms with Gasteiger partial charge in [0.05, 0.1) is 5.41 Å². The van der Waals surface area contributed by atoms with E-state index in [1.54, 1.807) is 0 Å². The Morgan fingerprint density at radius 2 is 2.29 bits per heavy atom. The molecule has 1 aromatic carbocycles. The number of nitrogens with one attached hydrogen (secondary N) is 1. The second-order valence-electron chi connectivity index (χ2n) is 4.03. The number of amides is 1. The van der Waals surface area contributed by atoms with Gasteiger partial charge >= 0.3 is 0 Å². The summed E-state index contributed by atoms with van der Waals surface area (Å²) in [6.45, 7) is 0. The number of carbonyl (C=O) groups excluding carboxylic acids is 1. The van der Waals surface area contributed by atoms with Gasteiger partial charge in [-0.2, -0.15) is 0 Å². The Kier molecular flexibility index (Phi) is 1.49. The zero-order valence-corrected chi connectivity index (χ0v) is 8.34. The molecule has 3 heteroatoms. The largest absolute Gasteiger partial charge is 0.325 e. The second kappa shape index (κ2) is 2.51. The highest BCUT2D eigenvalue weighted by Gasteiger charge is 2.63. The first-order valence-electron chi connectivity index (χ1n) is 4.76. The average molecular weight is 208 g/mol. The zero-order valence-electron chi connectivity index (χ0n) is 7.59. The van der Waals surface area contributed by atoms with E-state index >= 15 is 0 Å². The van der Waals surface area contributed by atoms with Crippen LogP contribution in [0.15, 0.2) is 24.3 Å². The van der Waals surface area contributed by atoms with Crippen LogP contribution in [0, 0.1) is 5.92 Å². The fraction of sp³-hybridized carbons (Fsp3) is 0.364. The van der Waals surface area contributed by atoms with Crippen molar-refractivity contribution in [3.8, 4) is 0 Å². The number of hydrogen-bond acceptors (Lipinski definition) is 1. The van der Waals surface area contributed by atoms with Gasteiger partial charge in [-0.25, -0.2) is 0 Å². The van der Waals surface area contributed by atoms with Gasteiger partial charge < -0.3 is 5.32 Å². The molecule has 1 N–H and O–H groups in total. The maximum absolute atomic E-state index is 11.8. The molecule has 1 amide bonds. The van der Waals surface area contributed by atoms with E-state index < -0.39 is 0 Å². The molecule has 0 unspecified atom stereocenters. The smallest absolute Gasteiger partial charge is 0.235 e. The molecule has 1 saturated carbocycles. The molecule has 0 bridgehead atoms. The Hall–Kier alpha value is -1.02. The molecule has 2 aliphatic rings. The fourth-order valence-electron chi connectivity index (χ4n) is 2.46. The van der Waals surface area contributed by atoms with Crippen LogP contribution in [-0.2, 0) is 10.2 Å². The summed E-state index contributed by atoms with van der Waals surface area (Å²) in [7, 11) is 0. The summed E-state index contributed by atoms with van der Waals surface area (Å²) in [5.74, 6) is 1.03. The van der Waals surface area contributed by atoms with E-state index in [0.717, 1.165) is 17.7 Å². The van der Waals surface area contributed by atoms with E-state index in [2.05, 4.69) is 5.32 Å². The number of alkyl halides is 1. The molecule has 1 spiro atoms. The summed E-state index contributed by atoms with van der Waals surface area (Å²) in [6, 6.07) is 7.89. The third kappa shape index (κ3) is 0.800. The van der Waals surface area contributed by atoms with Crippen LogP contribution in [0.3, 0.4) is 0 Å². The summed E-state index contributed by atoms with van der Waals surface area (Å²) >= 11 is 5.82. The lowest BCUT2D eigenvalue weighted by Crippen LogP contribution is -2.21. The summed E-state index contributed by atoms with van der Waals surface area (Å²) in [6.07, 6.45) is 0.902. The number of benzene rings is 1. The highest BCUT2D eigenvalue weighted by Crippen LogP contribution is 2.60. The number of halogens is 1. The molecule has 2 nitrogen and oxygen atoms in total. The number of carbonyl (C=O) groups is 1. The quantitative estimate of drug-likeness (QED) is 0.703. The summed E-state index contributed by atoms with van der Waals surface area (Å²) in [4.78, 5) is 11.8. The van der Waals surface area contributed by atoms with E-state index in [0.29, 0.717) is 11.8 Å². The van der Waals surface area contributed by atoms with Gasteiger partial charge in [0.25, 0.3) is 0 Å². The predicted octanol–water partition coefficient (Wildman–Crippen LogP) is 2.14. The lowest BCUT2D eigenvalue weighted by atomic mass is 9.95. The minimum atomic E-state index is -0.279. The van der Waals surface area contributed by atoms with Crippen molar-refractivity contribution in [3.05, 3.63) is 29.8 Å². The van der Waals surface area contributed by atoms with E-state index in [1.165, 1.54) is 0 Å². The van der Waals surface area contributed by atoms with Crippen molar-refractivity contribution >= 4 is 23.2 Å². The molecule has 1 heterocycles. The fourth-order valence-corrected chi connectivity index (χ4v) is 2.83. The Balaban J connectivity index is 2.13. The van der Waals surface area contributed by atoms with Crippen molar-refractivity contribution in [1.82, 2.24) is 0 Å². The first-order chi connectivity index (χ1) is 6.79. The van der Waals surface area contributed by atoms with Gasteiger partial charge in [0.1, 0.15) is 0 Å². The van der Waals surface area contributed by atoms with Crippen molar-refractivity contribution in [3.63, 3.8) is 0 Å². The van der Waals surface area contributed by atoms with Crippen LogP contribution in [0.2, 0.25) is 0 Å². The van der Waals surface area contributed by atoms with E-state index in [9.17, 15) is 4.79 Å². The van der Waals surface area contributed by atoms with Crippen LogP contribution in [0.1, 0.15) is 12.0 Å². The summed E-state index contributed by atoms with van der Waals surface area (Å²) in [5, 5.41) is 2.92. The van der Waals surface area contributed by atoms with Crippen molar-refractivity contribution in [2.24, 2.45) is 5.92 Å². The van der Waals surface area contributed by atoms with Crippen molar-refractivity contribution in [1.29, 1.82) is 0 Å². The highest BCUT2D eigenvalue weighted by atomic mass is 35.5. The minimum Gasteiger partial charge on any atom is -0.325 e. The maximum Gasteiger partial charge on any atom is 0.235 e. The minimum absolute atomic E-state index is 0.129. The normalized spacial score (nSPS) is 32.9. The third-order valence-electron chi connectivity index (χ3n) is 3.35. The topological polar surface area (TPSA) is 29.1 Å². The molecule has 2 atom stereocenters. The number of fused-ring (bicyclic) bond motifs is 2. The lowest BCUT2D eigenvalue weighted by molar-refractivity contribution is -0.118. The van der Waals surface area contributed by atoms with Crippen LogP contribution < -0.4 is 5.32 Å². The van der Waals surface area contributed by atoms with Gasteiger partial charge in [0.15, 0.2) is 0 Å². The number of rotatable bonds is 1. The SMILES string of the molecule is O=C1Nc2ccccc2[C@]12C[C@@H]2CCl. The molecule has 3 rings (SSSR count). The molecular weight excluding hydrogens is 198 g/mol. The molecule has 1 aliphatic carbocycles. The van der Waals surface area contributed by atoms with Crippen LogP contribution in [0.25, 0.3) is 0 Å². The molecule has 0 aromatic heterocycles. The van der Waals surface area contributed by atoms with Gasteiger partial charge in [-0.1, -0.05) is 18.2 Å². The van der Waals surface area contributed by atoms with Gasteiger partial charge in [-0.3, -0.25) is 4.79 Å². The van der Waals surface area contributed by atoms with Crippen molar-refractivity contribution < 1.29 is 4.79 Å². The Morgan fingerprint density at radius 1 is 1.50 bits per heavy atom. The molecular formula is C11H10ClNO. The molecule has 1 aromatic rings. The Labute approximate surface area is 87.3 Å². The lowest BCUT2D eigenvalue weighted by Gasteiger charge is -2.05. The third-order valence-corrected chi connectivity index (χ3v) is 3.73. The van der Waals surface area contributed by atoms with Crippen LogP contribution in [0.4, 0.5) is 5.69 Å². The van der Waals surface area contributed by atoms with Crippen LogP contribution >= 0.6 is 11.6 Å². The summed E-state index contributed by atoms with van der Waals surface area (Å²) in [5.41, 5.74) is 1.82. The van der Waals surface area contributed by atoms with E-state index in [1.807, 2.05) is 24.3 Å². The van der Waals surface area contributed by atoms with Crippen molar-refractivity contribution in [2.45, 2.75) is 11.8 Å². The van der Waals surface area contributed by atoms with Gasteiger partial charge in [-0.15, -0.1) is 11.6 Å². The Bertz CT molecular complexity index is 418. The van der Waals surface area contributed by atoms with E-state index in [4.69, 9.17) is 11.6 Å². The first kappa shape index (κ1) is 8.30. The zero-order chi connectivity index (χ0) is 9.76. The van der Waals surface area contributed by atoms with Crippen LogP contribution in [0.5, 0.6) is 0 Å². The Morgan fingerprint density at radius 3 is 3.00 bits per heavy atom. The van der Waals surface area contributed by atoms with Gasteiger partial charge in [-0.05, 0) is 24.0 Å². The monoisotopic (exact) mass is 207 g/mol. The van der Waals surface area contributed by atoms with E-state index in [-0.39, 0.29) is 11.3 Å².